The van der Waals surface area contributed by atoms with E-state index in [-0.39, 0.29) is 104 Å². The zero-order valence-electron chi connectivity index (χ0n) is 4.42. The minimum absolute atomic E-state index is 0. The third-order valence-corrected chi connectivity index (χ3v) is 0. The molecule has 3 radical (unpaired) electrons. The molecule has 4 N–H and O–H groups in total. The fourth-order valence-corrected chi connectivity index (χ4v) is 0. The summed E-state index contributed by atoms with van der Waals surface area (Å²) < 4.78 is 0. The molecule has 79 valence electrons. The molecular formula is H4Ir3O8. The van der Waals surface area contributed by atoms with Gasteiger partial charge in [-0.1, -0.05) is 0 Å². The first kappa shape index (κ1) is 644. The van der Waals surface area contributed by atoms with Gasteiger partial charge in [-0.25, -0.2) is 0 Å². The quantitative estimate of drug-likeness (QED) is 0.302. The van der Waals surface area contributed by atoms with Crippen LogP contribution in [0.4, 0.5) is 0 Å². The van der Waals surface area contributed by atoms with Gasteiger partial charge in [-0.3, -0.25) is 0 Å². The van der Waals surface area contributed by atoms with Crippen molar-refractivity contribution in [3.63, 3.8) is 0 Å². The van der Waals surface area contributed by atoms with Crippen LogP contribution in [0.3, 0.4) is 0 Å². The molecule has 0 aliphatic heterocycles. The number of rotatable bonds is 0. The molecule has 0 spiro atoms. The zero-order chi connectivity index (χ0) is 0. The Morgan fingerprint density at radius 2 is 0.273 bits per heavy atom. The molecule has 11 heteroatoms. The number of hydrogen-bond acceptors (Lipinski definition) is 4. The molecule has 0 aromatic carbocycles. The molecule has 0 unspecified atom stereocenters. The van der Waals surface area contributed by atoms with E-state index >= 15 is 0 Å². The summed E-state index contributed by atoms with van der Waals surface area (Å²) in [7, 11) is 0. The van der Waals surface area contributed by atoms with Crippen molar-refractivity contribution < 1.29 is 104 Å². The van der Waals surface area contributed by atoms with Crippen molar-refractivity contribution in [1.29, 1.82) is 0 Å². The molecule has 0 aromatic rings. The summed E-state index contributed by atoms with van der Waals surface area (Å²) in [5, 5.41) is 0. The van der Waals surface area contributed by atoms with Crippen molar-refractivity contribution in [2.75, 3.05) is 0 Å². The molecule has 0 heterocycles. The minimum Gasteiger partial charge on any atom is -2.00 e. The fraction of sp³-hybridized carbons (Fsp3) is 0. The maximum absolute atomic E-state index is 0. The van der Waals surface area contributed by atoms with Gasteiger partial charge in [0.2, 0.25) is 0 Å². The van der Waals surface area contributed by atoms with Crippen molar-refractivity contribution >= 4 is 0 Å². The van der Waals surface area contributed by atoms with E-state index in [1.165, 1.54) is 0 Å². The summed E-state index contributed by atoms with van der Waals surface area (Å²) in [6, 6.07) is 0. The standard InChI is InChI=1S/3Ir.4H2O.4O/h;;;4*1H2;;;;/q3*+4;;;;;4*-2/p-4. The molecule has 0 bridgehead atoms. The molecule has 0 saturated carbocycles. The molecule has 0 aliphatic carbocycles. The summed E-state index contributed by atoms with van der Waals surface area (Å²) in [6.07, 6.45) is 0. The largest absolute Gasteiger partial charge is 4.00 e. The van der Waals surface area contributed by atoms with Crippen LogP contribution in [0, 0.1) is 0 Å². The Bertz CT molecular complexity index is 9.30. The van der Waals surface area contributed by atoms with Gasteiger partial charge in [-0.15, -0.1) is 0 Å². The van der Waals surface area contributed by atoms with Gasteiger partial charge < -0.3 is 43.8 Å². The first-order valence-corrected chi connectivity index (χ1v) is 0. The van der Waals surface area contributed by atoms with Crippen LogP contribution in [-0.2, 0) is 82.2 Å². The van der Waals surface area contributed by atoms with Gasteiger partial charge >= 0.3 is 60.3 Å². The average Bonchev–Trinajstić information content (AvgIpc) is 0. The van der Waals surface area contributed by atoms with Crippen LogP contribution in [0.15, 0.2) is 0 Å². The van der Waals surface area contributed by atoms with Gasteiger partial charge in [0.1, 0.15) is 0 Å². The van der Waals surface area contributed by atoms with Crippen molar-refractivity contribution in [3.8, 4) is 0 Å². The van der Waals surface area contributed by atoms with E-state index in [2.05, 4.69) is 0 Å². The molecule has 0 saturated heterocycles. The van der Waals surface area contributed by atoms with E-state index in [9.17, 15) is 0 Å². The van der Waals surface area contributed by atoms with Crippen molar-refractivity contribution in [3.05, 3.63) is 0 Å². The zero-order valence-corrected chi connectivity index (χ0v) is 11.6. The van der Waals surface area contributed by atoms with Crippen LogP contribution in [0.2, 0.25) is 0 Å². The Morgan fingerprint density at radius 1 is 0.273 bits per heavy atom. The summed E-state index contributed by atoms with van der Waals surface area (Å²) in [4.78, 5) is 0. The Labute approximate surface area is 104 Å². The first-order valence-electron chi connectivity index (χ1n) is 0. The fourth-order valence-electron chi connectivity index (χ4n) is 0. The van der Waals surface area contributed by atoms with E-state index in [0.29, 0.717) is 0 Å². The van der Waals surface area contributed by atoms with Crippen LogP contribution >= 0.6 is 0 Å². The Balaban J connectivity index is 0. The third-order valence-electron chi connectivity index (χ3n) is 0. The van der Waals surface area contributed by atoms with Gasteiger partial charge in [-0.05, 0) is 0 Å². The first-order chi connectivity index (χ1) is 0. The molecule has 0 aromatic heterocycles. The van der Waals surface area contributed by atoms with Gasteiger partial charge in [0.25, 0.3) is 0 Å². The second-order valence-corrected chi connectivity index (χ2v) is 0. The van der Waals surface area contributed by atoms with Gasteiger partial charge in [0.15, 0.2) is 0 Å². The Morgan fingerprint density at radius 3 is 0.273 bits per heavy atom. The van der Waals surface area contributed by atoms with Crippen LogP contribution < -0.4 is 0 Å². The minimum atomic E-state index is 0. The second kappa shape index (κ2) is 496. The molecule has 11 heavy (non-hydrogen) atoms. The molecule has 0 rings (SSSR count). The topological polar surface area (TPSA) is 234 Å². The maximum atomic E-state index is 0. The second-order valence-electron chi connectivity index (χ2n) is 0. The SMILES string of the molecule is [Ir+4].[Ir+4].[Ir+4].[O-2].[O-2].[O-2].[O-2].[OH-].[OH-].[OH-].[OH-]. The Kier molecular flexibility index (Phi) is 29000. The summed E-state index contributed by atoms with van der Waals surface area (Å²) in [5.74, 6) is 0. The smallest absolute Gasteiger partial charge is 2.00 e. The van der Waals surface area contributed by atoms with E-state index in [1.807, 2.05) is 0 Å². The molecular weight excluding hydrogens is 705 g/mol. The van der Waals surface area contributed by atoms with E-state index in [4.69, 9.17) is 0 Å². The monoisotopic (exact) mass is 711 g/mol. The van der Waals surface area contributed by atoms with Gasteiger partial charge in [0.05, 0.1) is 0 Å². The van der Waals surface area contributed by atoms with Gasteiger partial charge in [0, 0.05) is 0 Å². The summed E-state index contributed by atoms with van der Waals surface area (Å²) in [6.45, 7) is 0. The van der Waals surface area contributed by atoms with Crippen molar-refractivity contribution in [2.24, 2.45) is 0 Å². The third kappa shape index (κ3) is 407. The molecule has 0 atom stereocenters. The van der Waals surface area contributed by atoms with Gasteiger partial charge in [-0.2, -0.15) is 0 Å². The van der Waals surface area contributed by atoms with E-state index in [0.717, 1.165) is 0 Å². The molecule has 0 fully saturated rings. The van der Waals surface area contributed by atoms with Crippen LogP contribution in [0.25, 0.3) is 0 Å². The Hall–Kier alpha value is 1.63. The normalized spacial score (nSPS) is 0. The van der Waals surface area contributed by atoms with E-state index < -0.39 is 0 Å². The van der Waals surface area contributed by atoms with Crippen molar-refractivity contribution in [1.82, 2.24) is 0 Å². The molecule has 0 aliphatic rings. The maximum Gasteiger partial charge on any atom is 4.00 e. The average molecular weight is 709 g/mol. The van der Waals surface area contributed by atoms with Crippen molar-refractivity contribution in [2.45, 2.75) is 0 Å². The molecule has 0 amide bonds. The summed E-state index contributed by atoms with van der Waals surface area (Å²) >= 11 is 0. The summed E-state index contributed by atoms with van der Waals surface area (Å²) in [5.41, 5.74) is 0. The predicted octanol–water partition coefficient (Wildman–Crippen LogP) is -1.19. The number of hydrogen-bond donors (Lipinski definition) is 0. The molecule has 8 nitrogen and oxygen atoms in total. The van der Waals surface area contributed by atoms with E-state index in [1.54, 1.807) is 0 Å². The predicted molar refractivity (Wildman–Crippen MR) is 10.5 cm³/mol. The van der Waals surface area contributed by atoms with Crippen LogP contribution in [0.5, 0.6) is 0 Å². The van der Waals surface area contributed by atoms with Crippen LogP contribution in [0.1, 0.15) is 0 Å². The van der Waals surface area contributed by atoms with Crippen LogP contribution in [-0.4, -0.2) is 21.9 Å².